The van der Waals surface area contributed by atoms with E-state index in [9.17, 15) is 40.4 Å². The van der Waals surface area contributed by atoms with Gasteiger partial charge in [0.25, 0.3) is 5.91 Å². The lowest BCUT2D eigenvalue weighted by atomic mass is 10.0. The molecule has 5 aliphatic rings. The summed E-state index contributed by atoms with van der Waals surface area (Å²) in [6.07, 6.45) is 2.18. The average Bonchev–Trinajstić information content (AvgIpc) is 3.93. The van der Waals surface area contributed by atoms with Crippen molar-refractivity contribution in [1.82, 2.24) is 20.0 Å². The molecule has 3 N–H and O–H groups in total. The summed E-state index contributed by atoms with van der Waals surface area (Å²) in [5.74, 6) is -2.92. The number of hydrogen-bond acceptors (Lipinski definition) is 9. The fraction of sp³-hybridized carbons (Fsp3) is 0.553. The van der Waals surface area contributed by atoms with Crippen molar-refractivity contribution in [2.75, 3.05) is 18.7 Å². The first-order chi connectivity index (χ1) is 26.1. The van der Waals surface area contributed by atoms with E-state index in [1.54, 1.807) is 19.1 Å². The fourth-order valence-electron chi connectivity index (χ4n) is 7.61. The monoisotopic (exact) mass is 791 g/mol. The van der Waals surface area contributed by atoms with Gasteiger partial charge in [-0.1, -0.05) is 43.2 Å². The van der Waals surface area contributed by atoms with E-state index < -0.39 is 73.9 Å². The van der Waals surface area contributed by atoms with Gasteiger partial charge >= 0.3 is 6.18 Å². The average molecular weight is 792 g/mol. The van der Waals surface area contributed by atoms with Gasteiger partial charge in [-0.2, -0.15) is 18.2 Å². The topological polar surface area (TPSA) is 146 Å². The number of fused-ring (bicyclic) bond motifs is 3. The number of carbonyl (C=O) groups is 3. The Hall–Kier alpha value is -4.06. The molecule has 2 aromatic rings. The highest BCUT2D eigenvalue weighted by Gasteiger charge is 2.63. The van der Waals surface area contributed by atoms with Crippen molar-refractivity contribution in [3.8, 4) is 0 Å². The number of rotatable bonds is 9. The Labute approximate surface area is 317 Å². The second kappa shape index (κ2) is 15.1. The van der Waals surface area contributed by atoms with E-state index in [4.69, 9.17) is 9.57 Å². The predicted octanol–water partition coefficient (Wildman–Crippen LogP) is 4.91. The van der Waals surface area contributed by atoms with Gasteiger partial charge in [0.15, 0.2) is 6.79 Å². The number of amides is 3. The number of sulfonamides is 1. The van der Waals surface area contributed by atoms with E-state index in [0.717, 1.165) is 24.1 Å². The first-order valence-electron chi connectivity index (χ1n) is 18.6. The van der Waals surface area contributed by atoms with Crippen molar-refractivity contribution in [2.24, 2.45) is 5.92 Å². The maximum absolute atomic E-state index is 14.5. The van der Waals surface area contributed by atoms with Gasteiger partial charge in [0, 0.05) is 30.1 Å². The van der Waals surface area contributed by atoms with Crippen molar-refractivity contribution in [3.05, 3.63) is 77.1 Å². The van der Waals surface area contributed by atoms with E-state index in [-0.39, 0.29) is 50.6 Å². The number of nitrogens with one attached hydrogen (secondary N) is 3. The summed E-state index contributed by atoms with van der Waals surface area (Å²) in [6.45, 7) is 1.72. The Morgan fingerprint density at radius 3 is 2.60 bits per heavy atom. The van der Waals surface area contributed by atoms with E-state index in [1.807, 2.05) is 12.2 Å². The van der Waals surface area contributed by atoms with Crippen molar-refractivity contribution >= 4 is 33.4 Å². The van der Waals surface area contributed by atoms with Crippen LogP contribution in [0.4, 0.5) is 23.2 Å². The molecule has 0 spiro atoms. The molecule has 2 saturated carbocycles. The molecule has 17 heteroatoms. The van der Waals surface area contributed by atoms with Crippen LogP contribution in [0.15, 0.2) is 54.6 Å². The minimum absolute atomic E-state index is 0.0133. The summed E-state index contributed by atoms with van der Waals surface area (Å²) in [5.41, 5.74) is -1.08. The lowest BCUT2D eigenvalue weighted by molar-refractivity contribution is -0.239. The molecule has 2 aromatic carbocycles. The zero-order valence-corrected chi connectivity index (χ0v) is 31.2. The Morgan fingerprint density at radius 2 is 1.85 bits per heavy atom. The number of nitrogens with zero attached hydrogens (tertiary/aromatic N) is 2. The molecule has 0 bridgehead atoms. The summed E-state index contributed by atoms with van der Waals surface area (Å²) < 4.78 is 88.4. The van der Waals surface area contributed by atoms with Crippen LogP contribution in [0.5, 0.6) is 0 Å². The molecule has 2 aliphatic carbocycles. The van der Waals surface area contributed by atoms with E-state index in [1.165, 1.54) is 28.2 Å². The predicted molar refractivity (Wildman–Crippen MR) is 191 cm³/mol. The van der Waals surface area contributed by atoms with Gasteiger partial charge in [0.05, 0.1) is 29.5 Å². The largest absolute Gasteiger partial charge is 0.416 e. The molecule has 3 aliphatic heterocycles. The van der Waals surface area contributed by atoms with Crippen LogP contribution in [0, 0.1) is 11.7 Å². The highest BCUT2D eigenvalue weighted by atomic mass is 32.2. The second-order valence-electron chi connectivity index (χ2n) is 15.5. The van der Waals surface area contributed by atoms with Crippen LogP contribution in [0.25, 0.3) is 0 Å². The molecule has 3 heterocycles. The Morgan fingerprint density at radius 1 is 1.07 bits per heavy atom. The van der Waals surface area contributed by atoms with Crippen LogP contribution in [-0.2, 0) is 53.2 Å². The number of hydrogen-bond donors (Lipinski definition) is 3. The first kappa shape index (κ1) is 39.2. The number of allylic oxidation sites excluding steroid dienone is 1. The zero-order chi connectivity index (χ0) is 39.2. The van der Waals surface area contributed by atoms with Gasteiger partial charge in [-0.15, -0.1) is 0 Å². The SMILES string of the molecule is CC1(S(=O)(=O)NC(=O)[C@@]23C[C@@H]2/C=C\CCCCC[C@H](Nc2cccc(C(F)(F)F)c2)C(=O)N2C[C@H](OCON4Cc5cccc(F)c5C4)C[C@H]2C(=O)N3)CC1. The maximum Gasteiger partial charge on any atom is 0.416 e. The molecule has 3 amide bonds. The highest BCUT2D eigenvalue weighted by Crippen LogP contribution is 2.47. The Kier molecular flexibility index (Phi) is 10.8. The van der Waals surface area contributed by atoms with Crippen molar-refractivity contribution in [2.45, 2.75) is 112 Å². The van der Waals surface area contributed by atoms with Crippen molar-refractivity contribution in [1.29, 1.82) is 0 Å². The molecule has 1 saturated heterocycles. The zero-order valence-electron chi connectivity index (χ0n) is 30.4. The lowest BCUT2D eigenvalue weighted by Crippen LogP contribution is -2.58. The molecule has 55 heavy (non-hydrogen) atoms. The van der Waals surface area contributed by atoms with E-state index in [2.05, 4.69) is 15.4 Å². The van der Waals surface area contributed by atoms with Gasteiger partial charge in [-0.25, -0.2) is 12.8 Å². The van der Waals surface area contributed by atoms with Crippen molar-refractivity contribution < 1.29 is 49.9 Å². The van der Waals surface area contributed by atoms with Crippen LogP contribution >= 0.6 is 0 Å². The maximum atomic E-state index is 14.5. The van der Waals surface area contributed by atoms with Gasteiger partial charge in [-0.05, 0) is 75.3 Å². The fourth-order valence-corrected chi connectivity index (χ4v) is 8.92. The molecule has 12 nitrogen and oxygen atoms in total. The smallest absolute Gasteiger partial charge is 0.374 e. The van der Waals surface area contributed by atoms with Gasteiger partial charge in [-0.3, -0.25) is 23.9 Å². The number of hydroxylamine groups is 2. The quantitative estimate of drug-likeness (QED) is 0.183. The summed E-state index contributed by atoms with van der Waals surface area (Å²) >= 11 is 0. The number of alkyl halides is 3. The Balaban J connectivity index is 1.12. The minimum Gasteiger partial charge on any atom is -0.374 e. The lowest BCUT2D eigenvalue weighted by Gasteiger charge is -2.30. The van der Waals surface area contributed by atoms with Gasteiger partial charge in [0.1, 0.15) is 23.4 Å². The minimum atomic E-state index is -4.60. The standard InChI is InChI=1S/C38H45F4N5O7S/c1-36(15-16-36)55(51,52)45-35(50)37-19-26(37)10-5-3-2-4-6-14-31(43-27-12-8-11-25(17-27)38(40,41)42)34(49)47-21-28(18-32(47)33(48)44-37)53-23-54-46-20-24-9-7-13-30(39)29(24)22-46/h5,7-13,17,26,28,31-32,43H,2-4,6,14-16,18-23H2,1H3,(H,44,48)(H,45,50)/b10-5-/t26-,28+,31-,32-,37+/m0/s1. The number of carbonyl (C=O) groups excluding carboxylic acids is 3. The van der Waals surface area contributed by atoms with Gasteiger partial charge in [0.2, 0.25) is 21.8 Å². The number of anilines is 1. The van der Waals surface area contributed by atoms with Gasteiger partial charge < -0.3 is 20.3 Å². The number of benzene rings is 2. The highest BCUT2D eigenvalue weighted by molar-refractivity contribution is 7.91. The summed E-state index contributed by atoms with van der Waals surface area (Å²) in [7, 11) is -4.03. The van der Waals surface area contributed by atoms with Crippen LogP contribution in [0.3, 0.4) is 0 Å². The third-order valence-electron chi connectivity index (χ3n) is 11.4. The number of halogens is 4. The number of ether oxygens (including phenoxy) is 1. The molecule has 0 aromatic heterocycles. The molecule has 0 unspecified atom stereocenters. The van der Waals surface area contributed by atoms with Crippen molar-refractivity contribution in [3.63, 3.8) is 0 Å². The van der Waals surface area contributed by atoms with E-state index >= 15 is 0 Å². The summed E-state index contributed by atoms with van der Waals surface area (Å²) in [5, 5.41) is 7.34. The van der Waals surface area contributed by atoms with E-state index in [0.29, 0.717) is 44.2 Å². The molecular formula is C38H45F4N5O7S. The third-order valence-corrected chi connectivity index (χ3v) is 13.6. The van der Waals surface area contributed by atoms with Crippen LogP contribution in [0.2, 0.25) is 0 Å². The molecule has 0 radical (unpaired) electrons. The summed E-state index contributed by atoms with van der Waals surface area (Å²) in [4.78, 5) is 49.6. The first-order valence-corrected chi connectivity index (χ1v) is 20.1. The molecule has 298 valence electrons. The molecular weight excluding hydrogens is 747 g/mol. The van der Waals surface area contributed by atoms with Crippen LogP contribution in [-0.4, -0.2) is 77.9 Å². The molecule has 7 rings (SSSR count). The Bertz CT molecular complexity index is 1960. The normalized spacial score (nSPS) is 28.9. The van der Waals surface area contributed by atoms with Crippen LogP contribution in [0.1, 0.15) is 81.4 Å². The summed E-state index contributed by atoms with van der Waals surface area (Å²) in [6, 6.07) is 7.15. The van der Waals surface area contributed by atoms with Crippen LogP contribution < -0.4 is 15.4 Å². The third kappa shape index (κ3) is 8.39. The second-order valence-corrected chi connectivity index (χ2v) is 17.6. The molecule has 3 fully saturated rings. The molecule has 5 atom stereocenters.